The SMILES string of the molecule is CNc1cc(F)cc2c(C(=N)N3CC4CC3CC4N)c(C=N)[nH]c12. The van der Waals surface area contributed by atoms with Gasteiger partial charge in [-0.1, -0.05) is 0 Å². The number of nitrogens with one attached hydrogen (secondary N) is 4. The minimum atomic E-state index is -0.360. The Morgan fingerprint density at radius 1 is 1.46 bits per heavy atom. The lowest BCUT2D eigenvalue weighted by molar-refractivity contribution is 0.301. The predicted molar refractivity (Wildman–Crippen MR) is 93.7 cm³/mol. The van der Waals surface area contributed by atoms with Crippen molar-refractivity contribution in [3.63, 3.8) is 0 Å². The summed E-state index contributed by atoms with van der Waals surface area (Å²) in [5, 5.41) is 20.0. The van der Waals surface area contributed by atoms with Crippen molar-refractivity contribution in [3.8, 4) is 0 Å². The Bertz CT molecular complexity index is 839. The number of hydrogen-bond donors (Lipinski definition) is 5. The number of piperidine rings is 1. The summed E-state index contributed by atoms with van der Waals surface area (Å²) in [6, 6.07) is 3.34. The van der Waals surface area contributed by atoms with Crippen molar-refractivity contribution in [1.82, 2.24) is 9.88 Å². The first-order valence-corrected chi connectivity index (χ1v) is 8.18. The Labute approximate surface area is 139 Å². The molecular weight excluding hydrogens is 307 g/mol. The molecule has 1 saturated carbocycles. The summed E-state index contributed by atoms with van der Waals surface area (Å²) in [7, 11) is 1.73. The van der Waals surface area contributed by atoms with Crippen molar-refractivity contribution in [2.75, 3.05) is 18.9 Å². The standard InChI is InChI=1S/C17H21FN6/c1-22-13-4-9(18)3-11-15(14(6-19)23-16(11)13)17(21)24-7-8-2-10(24)5-12(8)20/h3-4,6,8,10,12,19,21-23H,2,5,7,20H2,1H3. The summed E-state index contributed by atoms with van der Waals surface area (Å²) >= 11 is 0. The number of aromatic amines is 1. The van der Waals surface area contributed by atoms with E-state index in [1.54, 1.807) is 7.05 Å². The summed E-state index contributed by atoms with van der Waals surface area (Å²) in [5.74, 6) is 0.418. The first-order chi connectivity index (χ1) is 11.5. The molecule has 0 amide bonds. The van der Waals surface area contributed by atoms with E-state index in [0.717, 1.165) is 24.9 Å². The highest BCUT2D eigenvalue weighted by molar-refractivity contribution is 6.15. The normalized spacial score (nSPS) is 25.5. The average Bonchev–Trinajstić information content (AvgIpc) is 3.24. The maximum Gasteiger partial charge on any atom is 0.131 e. The molecule has 3 atom stereocenters. The molecule has 1 aromatic carbocycles. The highest BCUT2D eigenvalue weighted by Gasteiger charge is 2.44. The molecule has 6 nitrogen and oxygen atoms in total. The zero-order chi connectivity index (χ0) is 17.0. The van der Waals surface area contributed by atoms with Crippen molar-refractivity contribution in [3.05, 3.63) is 29.2 Å². The zero-order valence-electron chi connectivity index (χ0n) is 13.5. The number of fused-ring (bicyclic) bond motifs is 3. The predicted octanol–water partition coefficient (Wildman–Crippen LogP) is 2.09. The van der Waals surface area contributed by atoms with E-state index in [0.29, 0.717) is 34.1 Å². The van der Waals surface area contributed by atoms with Gasteiger partial charge in [-0.2, -0.15) is 0 Å². The van der Waals surface area contributed by atoms with Gasteiger partial charge < -0.3 is 26.3 Å². The number of likely N-dealkylation sites (tertiary alicyclic amines) is 1. The van der Waals surface area contributed by atoms with Gasteiger partial charge in [-0.05, 0) is 30.9 Å². The van der Waals surface area contributed by atoms with Crippen LogP contribution in [0, 0.1) is 22.6 Å². The lowest BCUT2D eigenvalue weighted by Gasteiger charge is -2.32. The van der Waals surface area contributed by atoms with Crippen LogP contribution in [-0.4, -0.2) is 47.6 Å². The minimum Gasteiger partial charge on any atom is -0.386 e. The second-order valence-electron chi connectivity index (χ2n) is 6.73. The monoisotopic (exact) mass is 328 g/mol. The highest BCUT2D eigenvalue weighted by Crippen LogP contribution is 2.39. The maximum absolute atomic E-state index is 14.0. The molecule has 2 heterocycles. The first kappa shape index (κ1) is 15.1. The molecule has 3 unspecified atom stereocenters. The third-order valence-electron chi connectivity index (χ3n) is 5.44. The van der Waals surface area contributed by atoms with Crippen molar-refractivity contribution >= 4 is 28.6 Å². The second-order valence-corrected chi connectivity index (χ2v) is 6.73. The fourth-order valence-electron chi connectivity index (χ4n) is 4.25. The molecule has 2 aliphatic rings. The van der Waals surface area contributed by atoms with E-state index >= 15 is 0 Å². The Morgan fingerprint density at radius 3 is 2.83 bits per heavy atom. The fraction of sp³-hybridized carbons (Fsp3) is 0.412. The van der Waals surface area contributed by atoms with Gasteiger partial charge in [-0.15, -0.1) is 0 Å². The average molecular weight is 328 g/mol. The molecule has 7 heteroatoms. The third-order valence-corrected chi connectivity index (χ3v) is 5.44. The van der Waals surface area contributed by atoms with Crippen LogP contribution in [0.3, 0.4) is 0 Å². The molecule has 2 bridgehead atoms. The van der Waals surface area contributed by atoms with E-state index in [2.05, 4.69) is 15.2 Å². The Hall–Kier alpha value is -2.41. The fourth-order valence-corrected chi connectivity index (χ4v) is 4.25. The van der Waals surface area contributed by atoms with Crippen LogP contribution >= 0.6 is 0 Å². The van der Waals surface area contributed by atoms with Crippen LogP contribution in [0.2, 0.25) is 0 Å². The van der Waals surface area contributed by atoms with Crippen LogP contribution in [0.1, 0.15) is 24.1 Å². The Morgan fingerprint density at radius 2 is 2.25 bits per heavy atom. The van der Waals surface area contributed by atoms with Crippen molar-refractivity contribution in [1.29, 1.82) is 10.8 Å². The first-order valence-electron chi connectivity index (χ1n) is 8.18. The van der Waals surface area contributed by atoms with E-state index in [4.69, 9.17) is 16.6 Å². The van der Waals surface area contributed by atoms with Gasteiger partial charge >= 0.3 is 0 Å². The molecule has 1 aliphatic heterocycles. The number of anilines is 1. The van der Waals surface area contributed by atoms with E-state index < -0.39 is 0 Å². The molecule has 0 spiro atoms. The molecule has 0 radical (unpaired) electrons. The second kappa shape index (κ2) is 5.31. The lowest BCUT2D eigenvalue weighted by atomic mass is 10.0. The lowest BCUT2D eigenvalue weighted by Crippen LogP contribution is -2.44. The van der Waals surface area contributed by atoms with Crippen molar-refractivity contribution < 1.29 is 4.39 Å². The van der Waals surface area contributed by atoms with Crippen LogP contribution in [0.25, 0.3) is 10.9 Å². The molecule has 4 rings (SSSR count). The van der Waals surface area contributed by atoms with Gasteiger partial charge in [-0.25, -0.2) is 4.39 Å². The number of benzene rings is 1. The number of hydrogen-bond acceptors (Lipinski definition) is 4. The van der Waals surface area contributed by atoms with Crippen LogP contribution < -0.4 is 11.1 Å². The topological polar surface area (TPSA) is 105 Å². The Kier molecular flexibility index (Phi) is 3.35. The number of nitrogens with two attached hydrogens (primary N) is 1. The van der Waals surface area contributed by atoms with Gasteiger partial charge in [0, 0.05) is 37.3 Å². The van der Waals surface area contributed by atoms with Crippen LogP contribution in [0.4, 0.5) is 10.1 Å². The molecule has 1 saturated heterocycles. The van der Waals surface area contributed by atoms with Crippen LogP contribution in [0.5, 0.6) is 0 Å². The summed E-state index contributed by atoms with van der Waals surface area (Å²) in [6.07, 6.45) is 3.11. The van der Waals surface area contributed by atoms with Crippen LogP contribution in [0.15, 0.2) is 12.1 Å². The maximum atomic E-state index is 14.0. The van der Waals surface area contributed by atoms with Gasteiger partial charge in [0.25, 0.3) is 0 Å². The van der Waals surface area contributed by atoms with Crippen LogP contribution in [-0.2, 0) is 0 Å². The number of aromatic nitrogens is 1. The summed E-state index contributed by atoms with van der Waals surface area (Å²) in [6.45, 7) is 0.767. The summed E-state index contributed by atoms with van der Waals surface area (Å²) in [5.41, 5.74) is 8.58. The summed E-state index contributed by atoms with van der Waals surface area (Å²) < 4.78 is 14.0. The number of H-pyrrole nitrogens is 1. The largest absolute Gasteiger partial charge is 0.386 e. The molecule has 6 N–H and O–H groups in total. The number of amidine groups is 1. The molecule has 126 valence electrons. The minimum absolute atomic E-state index is 0.220. The van der Waals surface area contributed by atoms with Crippen molar-refractivity contribution in [2.45, 2.75) is 24.9 Å². The van der Waals surface area contributed by atoms with Gasteiger partial charge in [-0.3, -0.25) is 5.41 Å². The highest BCUT2D eigenvalue weighted by atomic mass is 19.1. The third kappa shape index (κ3) is 2.04. The number of nitrogens with zero attached hydrogens (tertiary/aromatic N) is 1. The smallest absolute Gasteiger partial charge is 0.131 e. The molecule has 24 heavy (non-hydrogen) atoms. The van der Waals surface area contributed by atoms with Gasteiger partial charge in [0.05, 0.1) is 22.5 Å². The summed E-state index contributed by atoms with van der Waals surface area (Å²) in [4.78, 5) is 5.22. The van der Waals surface area contributed by atoms with E-state index in [9.17, 15) is 4.39 Å². The van der Waals surface area contributed by atoms with Crippen molar-refractivity contribution in [2.24, 2.45) is 11.7 Å². The van der Waals surface area contributed by atoms with E-state index in [1.165, 1.54) is 18.3 Å². The van der Waals surface area contributed by atoms with E-state index in [1.807, 2.05) is 0 Å². The van der Waals surface area contributed by atoms with Gasteiger partial charge in [0.1, 0.15) is 11.7 Å². The molecular formula is C17H21FN6. The molecule has 1 aliphatic carbocycles. The number of halogens is 1. The molecule has 1 aromatic heterocycles. The molecule has 2 fully saturated rings. The van der Waals surface area contributed by atoms with Gasteiger partial charge in [0.15, 0.2) is 0 Å². The van der Waals surface area contributed by atoms with E-state index in [-0.39, 0.29) is 17.9 Å². The Balaban J connectivity index is 1.82. The number of rotatable bonds is 3. The zero-order valence-corrected chi connectivity index (χ0v) is 13.5. The van der Waals surface area contributed by atoms with Gasteiger partial charge in [0.2, 0.25) is 0 Å². The quantitative estimate of drug-likeness (QED) is 0.440. The molecule has 2 aromatic rings.